The summed E-state index contributed by atoms with van der Waals surface area (Å²) in [7, 11) is -1.74. The van der Waals surface area contributed by atoms with Crippen LogP contribution in [-0.2, 0) is 24.0 Å². The molecular formula is C43H71N5O6S. The topological polar surface area (TPSA) is 154 Å². The molecule has 12 heteroatoms. The minimum Gasteiger partial charge on any atom is -0.346 e. The zero-order chi connectivity index (χ0) is 40.2. The molecule has 6 atom stereocenters. The van der Waals surface area contributed by atoms with Gasteiger partial charge in [-0.3, -0.25) is 24.0 Å². The van der Waals surface area contributed by atoms with Crippen LogP contribution in [0.25, 0.3) is 0 Å². The number of fused-ring (bicyclic) bond motifs is 2. The molecule has 11 nitrogen and oxygen atoms in total. The van der Waals surface area contributed by atoms with Gasteiger partial charge in [-0.1, -0.05) is 92.6 Å². The number of urea groups is 1. The molecule has 5 aliphatic rings. The summed E-state index contributed by atoms with van der Waals surface area (Å²) < 4.78 is -0.224. The van der Waals surface area contributed by atoms with E-state index in [0.717, 1.165) is 95.6 Å². The molecule has 2 unspecified atom stereocenters. The third kappa shape index (κ3) is 8.99. The van der Waals surface area contributed by atoms with E-state index in [1.807, 2.05) is 6.92 Å². The van der Waals surface area contributed by atoms with Crippen molar-refractivity contribution in [1.29, 1.82) is 0 Å². The van der Waals surface area contributed by atoms with Crippen molar-refractivity contribution in [3.63, 3.8) is 0 Å². The molecular weight excluding hydrogens is 715 g/mol. The molecule has 0 aromatic rings. The number of rotatable bonds is 16. The van der Waals surface area contributed by atoms with Crippen LogP contribution in [0.2, 0.25) is 0 Å². The summed E-state index contributed by atoms with van der Waals surface area (Å²) in [5, 5.41) is 12.1. The van der Waals surface area contributed by atoms with Crippen LogP contribution < -0.4 is 21.3 Å². The Labute approximate surface area is 331 Å². The summed E-state index contributed by atoms with van der Waals surface area (Å²) in [6.45, 7) is 16.7. The van der Waals surface area contributed by atoms with Gasteiger partial charge >= 0.3 is 6.03 Å². The van der Waals surface area contributed by atoms with Gasteiger partial charge in [-0.2, -0.15) is 10.0 Å². The first-order valence-electron chi connectivity index (χ1n) is 21.4. The van der Waals surface area contributed by atoms with E-state index in [1.165, 1.54) is 11.7 Å². The van der Waals surface area contributed by atoms with Gasteiger partial charge in [-0.25, -0.2) is 4.79 Å². The maximum absolute atomic E-state index is 15.3. The van der Waals surface area contributed by atoms with Crippen molar-refractivity contribution in [3.05, 3.63) is 12.7 Å². The number of Topliss-reactive ketones (excluding diaryl/α,β-unsaturated/α-hetero) is 1. The fraction of sp³-hybridized carbons (Fsp3) is 0.814. The molecule has 55 heavy (non-hydrogen) atoms. The van der Waals surface area contributed by atoms with Crippen LogP contribution in [-0.4, -0.2) is 93.1 Å². The number of hydrogen-bond acceptors (Lipinski definition) is 6. The van der Waals surface area contributed by atoms with Gasteiger partial charge in [-0.05, 0) is 91.0 Å². The lowest BCUT2D eigenvalue weighted by atomic mass is 9.70. The predicted octanol–water partition coefficient (Wildman–Crippen LogP) is 6.31. The number of ketones is 1. The van der Waals surface area contributed by atoms with Gasteiger partial charge in [-0.15, -0.1) is 6.58 Å². The molecule has 1 aliphatic heterocycles. The quantitative estimate of drug-likeness (QED) is 0.0817. The lowest BCUT2D eigenvalue weighted by Crippen LogP contribution is -2.64. The Morgan fingerprint density at radius 3 is 2.09 bits per heavy atom. The van der Waals surface area contributed by atoms with Crippen LogP contribution in [0.4, 0.5) is 4.79 Å². The van der Waals surface area contributed by atoms with E-state index in [1.54, 1.807) is 4.90 Å². The molecule has 5 rings (SSSR count). The predicted molar refractivity (Wildman–Crippen MR) is 220 cm³/mol. The molecule has 1 saturated heterocycles. The van der Waals surface area contributed by atoms with Crippen molar-refractivity contribution < 1.29 is 28.8 Å². The summed E-state index contributed by atoms with van der Waals surface area (Å²) in [4.78, 5) is 84.9. The van der Waals surface area contributed by atoms with Crippen LogP contribution in [0.1, 0.15) is 144 Å². The van der Waals surface area contributed by atoms with Gasteiger partial charge in [0.2, 0.25) is 17.6 Å². The number of likely N-dealkylation sites (tertiary alicyclic amines) is 1. The van der Waals surface area contributed by atoms with Crippen molar-refractivity contribution in [1.82, 2.24) is 26.2 Å². The van der Waals surface area contributed by atoms with Crippen molar-refractivity contribution >= 4 is 45.2 Å². The van der Waals surface area contributed by atoms with Gasteiger partial charge in [0.25, 0.3) is 5.91 Å². The number of hydrogen-bond donors (Lipinski definition) is 4. The van der Waals surface area contributed by atoms with Gasteiger partial charge < -0.3 is 26.2 Å². The fourth-order valence-corrected chi connectivity index (χ4v) is 14.3. The average Bonchev–Trinajstić information content (AvgIpc) is 3.72. The van der Waals surface area contributed by atoms with Crippen LogP contribution in [0.3, 0.4) is 0 Å². The molecule has 4 aliphatic carbocycles. The Kier molecular flexibility index (Phi) is 13.6. The third-order valence-electron chi connectivity index (χ3n) is 14.6. The van der Waals surface area contributed by atoms with Crippen molar-refractivity contribution in [2.24, 2.45) is 22.7 Å². The van der Waals surface area contributed by atoms with E-state index in [9.17, 15) is 24.0 Å². The number of nitrogens with zero attached hydrogens (tertiary/aromatic N) is 1. The number of amides is 5. The van der Waals surface area contributed by atoms with Crippen LogP contribution in [0, 0.1) is 22.7 Å². The second-order valence-electron chi connectivity index (χ2n) is 19.0. The second-order valence-corrected chi connectivity index (χ2v) is 23.2. The maximum Gasteiger partial charge on any atom is 0.315 e. The Balaban J connectivity index is 1.44. The molecule has 1 heterocycles. The van der Waals surface area contributed by atoms with Gasteiger partial charge in [0.15, 0.2) is 5.62 Å². The smallest absolute Gasteiger partial charge is 0.315 e. The molecule has 310 valence electrons. The zero-order valence-corrected chi connectivity index (χ0v) is 35.5. The van der Waals surface area contributed by atoms with Gasteiger partial charge in [0.1, 0.15) is 12.1 Å². The Morgan fingerprint density at radius 1 is 0.909 bits per heavy atom. The van der Waals surface area contributed by atoms with Crippen LogP contribution in [0.5, 0.6) is 0 Å². The van der Waals surface area contributed by atoms with Crippen LogP contribution in [0.15, 0.2) is 12.7 Å². The Hall–Kier alpha value is -2.89. The molecule has 5 amide bonds. The maximum atomic E-state index is 15.3. The molecule has 5 fully saturated rings. The SMILES string of the molecule is C=CCNC(=O)C(=O)C(CCC)NC(=O)[C@@H]1[C@H]2CCC3(CC3)[C@H]2CN1C(=O)[C@@H](NC(=O)NC1(CS(C=O)(CC)C(C)(C)C)CCCCC1)C1(C)CCCCC1. The number of carbonyl (C=O) groups excluding carboxylic acids is 6. The lowest BCUT2D eigenvalue weighted by Gasteiger charge is -2.52. The lowest BCUT2D eigenvalue weighted by molar-refractivity contribution is -0.145. The molecule has 4 saturated carbocycles. The Morgan fingerprint density at radius 2 is 1.55 bits per heavy atom. The highest BCUT2D eigenvalue weighted by Gasteiger charge is 2.64. The highest BCUT2D eigenvalue weighted by Crippen LogP contribution is 2.66. The average molecular weight is 786 g/mol. The van der Waals surface area contributed by atoms with E-state index in [2.05, 4.69) is 62.5 Å². The first-order chi connectivity index (χ1) is 26.0. The van der Waals surface area contributed by atoms with E-state index in [0.29, 0.717) is 25.1 Å². The minimum atomic E-state index is -1.74. The molecule has 0 bridgehead atoms. The summed E-state index contributed by atoms with van der Waals surface area (Å²) in [5.74, 6) is -0.606. The highest BCUT2D eigenvalue weighted by atomic mass is 32.3. The standard InChI is InChI=1S/C43H71N5O6S/c1-8-17-32(34(50)37(52)44-26-9-2)45-36(51)33-30-18-23-42(24-25-42)31(30)27-48(33)38(53)35(41(7)19-13-11-14-20-41)46-39(54)47-43(21-15-12-16-22-43)28-55(10-3,29-49)40(4,5)6/h9,29-33,35H,2,8,10-28H2,1,3-7H3,(H,44,52)(H,45,51)(H2,46,47,54)/t30-,31-,32?,33-,35+/m0/s1. The molecule has 0 aromatic heterocycles. The molecule has 4 N–H and O–H groups in total. The number of nitrogens with one attached hydrogen (secondary N) is 4. The summed E-state index contributed by atoms with van der Waals surface area (Å²) in [5.41, 5.74) is 0.266. The molecule has 0 aromatic carbocycles. The van der Waals surface area contributed by atoms with Crippen molar-refractivity contribution in [2.75, 3.05) is 24.6 Å². The monoisotopic (exact) mass is 786 g/mol. The Bertz CT molecular complexity index is 1460. The van der Waals surface area contributed by atoms with Crippen molar-refractivity contribution in [2.45, 2.75) is 173 Å². The summed E-state index contributed by atoms with van der Waals surface area (Å²) in [6.07, 6.45) is 15.5. The fourth-order valence-electron chi connectivity index (χ4n) is 10.9. The van der Waals surface area contributed by atoms with E-state index in [4.69, 9.17) is 0 Å². The normalized spacial score (nSPS) is 27.7. The molecule has 0 radical (unpaired) electrons. The highest BCUT2D eigenvalue weighted by molar-refractivity contribution is 8.44. The van der Waals surface area contributed by atoms with E-state index < -0.39 is 56.7 Å². The second kappa shape index (κ2) is 17.3. The zero-order valence-electron chi connectivity index (χ0n) is 34.7. The molecule has 1 spiro atoms. The first kappa shape index (κ1) is 43.2. The van der Waals surface area contributed by atoms with E-state index >= 15 is 4.79 Å². The summed E-state index contributed by atoms with van der Waals surface area (Å²) in [6, 6.07) is -3.03. The number of carbonyl (C=O) groups is 6. The van der Waals surface area contributed by atoms with E-state index in [-0.39, 0.29) is 40.5 Å². The first-order valence-corrected chi connectivity index (χ1v) is 23.4. The van der Waals surface area contributed by atoms with Crippen molar-refractivity contribution in [3.8, 4) is 0 Å². The summed E-state index contributed by atoms with van der Waals surface area (Å²) >= 11 is 0. The minimum absolute atomic E-state index is 0.0524. The third-order valence-corrected chi connectivity index (χ3v) is 19.5. The van der Waals surface area contributed by atoms with Gasteiger partial charge in [0, 0.05) is 24.4 Å². The largest absolute Gasteiger partial charge is 0.346 e. The van der Waals surface area contributed by atoms with Gasteiger partial charge in [0.05, 0.1) is 6.04 Å². The van der Waals surface area contributed by atoms with Crippen LogP contribution >= 0.6 is 10.0 Å².